The Morgan fingerprint density at radius 1 is 1.12 bits per heavy atom. The highest BCUT2D eigenvalue weighted by molar-refractivity contribution is 6.30. The Bertz CT molecular complexity index is 669. The lowest BCUT2D eigenvalue weighted by atomic mass is 10.0. The number of anilines is 1. The molecule has 0 unspecified atom stereocenters. The molecule has 2 aromatic carbocycles. The number of ether oxygens (including phenoxy) is 2. The molecule has 2 aromatic rings. The van der Waals surface area contributed by atoms with Crippen molar-refractivity contribution in [3.63, 3.8) is 0 Å². The smallest absolute Gasteiger partial charge is 0.259 e. The Morgan fingerprint density at radius 2 is 1.83 bits per heavy atom. The van der Waals surface area contributed by atoms with Crippen LogP contribution in [-0.4, -0.2) is 31.8 Å². The van der Waals surface area contributed by atoms with Crippen molar-refractivity contribution in [3.05, 3.63) is 65.2 Å². The van der Waals surface area contributed by atoms with E-state index in [2.05, 4.69) is 0 Å². The van der Waals surface area contributed by atoms with Crippen LogP contribution >= 0.6 is 11.6 Å². The largest absolute Gasteiger partial charge is 0.376 e. The molecular weight excluding hydrogens is 326 g/mol. The molecule has 1 aliphatic heterocycles. The Morgan fingerprint density at radius 3 is 2.46 bits per heavy atom. The van der Waals surface area contributed by atoms with Gasteiger partial charge in [0.25, 0.3) is 5.91 Å². The van der Waals surface area contributed by atoms with Crippen LogP contribution in [0.15, 0.2) is 54.6 Å². The summed E-state index contributed by atoms with van der Waals surface area (Å²) >= 11 is 5.98. The maximum absolute atomic E-state index is 13.1. The third kappa shape index (κ3) is 3.78. The predicted octanol–water partition coefficient (Wildman–Crippen LogP) is 3.85. The quantitative estimate of drug-likeness (QED) is 0.844. The van der Waals surface area contributed by atoms with Gasteiger partial charge in [-0.05, 0) is 36.8 Å². The molecule has 0 aromatic heterocycles. The fourth-order valence-corrected chi connectivity index (χ4v) is 2.93. The van der Waals surface area contributed by atoms with Crippen molar-refractivity contribution in [2.24, 2.45) is 0 Å². The molecule has 1 fully saturated rings. The van der Waals surface area contributed by atoms with Gasteiger partial charge in [-0.2, -0.15) is 0 Å². The van der Waals surface area contributed by atoms with Crippen LogP contribution in [-0.2, 0) is 14.3 Å². The second-order valence-corrected chi connectivity index (χ2v) is 6.14. The van der Waals surface area contributed by atoms with Crippen molar-refractivity contribution in [1.82, 2.24) is 0 Å². The molecule has 0 bridgehead atoms. The van der Waals surface area contributed by atoms with Crippen LogP contribution in [0.5, 0.6) is 0 Å². The van der Waals surface area contributed by atoms with Gasteiger partial charge in [-0.25, -0.2) is 0 Å². The Balaban J connectivity index is 1.92. The van der Waals surface area contributed by atoms with Crippen molar-refractivity contribution in [2.45, 2.75) is 19.1 Å². The fraction of sp³-hybridized carbons (Fsp3) is 0.316. The molecule has 0 aliphatic carbocycles. The summed E-state index contributed by atoms with van der Waals surface area (Å²) < 4.78 is 11.0. The van der Waals surface area contributed by atoms with Crippen LogP contribution in [0, 0.1) is 0 Å². The van der Waals surface area contributed by atoms with E-state index in [0.29, 0.717) is 18.2 Å². The summed E-state index contributed by atoms with van der Waals surface area (Å²) in [5.74, 6) is -0.0941. The van der Waals surface area contributed by atoms with Crippen molar-refractivity contribution in [2.75, 3.05) is 24.7 Å². The molecule has 0 radical (unpaired) electrons. The van der Waals surface area contributed by atoms with Crippen LogP contribution in [0.3, 0.4) is 0 Å². The minimum absolute atomic E-state index is 0.0941. The number of hydrogen-bond donors (Lipinski definition) is 0. The summed E-state index contributed by atoms with van der Waals surface area (Å²) in [4.78, 5) is 14.8. The number of rotatable bonds is 4. The van der Waals surface area contributed by atoms with Crippen molar-refractivity contribution < 1.29 is 14.3 Å². The summed E-state index contributed by atoms with van der Waals surface area (Å²) in [5, 5.41) is 0.674. The lowest BCUT2D eigenvalue weighted by Gasteiger charge is -2.34. The first-order chi connectivity index (χ1) is 11.7. The highest BCUT2D eigenvalue weighted by atomic mass is 35.5. The van der Waals surface area contributed by atoms with E-state index >= 15 is 0 Å². The highest BCUT2D eigenvalue weighted by Crippen LogP contribution is 2.29. The summed E-state index contributed by atoms with van der Waals surface area (Å²) in [6.07, 6.45) is -0.575. The zero-order chi connectivity index (χ0) is 16.9. The summed E-state index contributed by atoms with van der Waals surface area (Å²) in [5.41, 5.74) is 1.84. The molecule has 1 saturated heterocycles. The fourth-order valence-electron chi connectivity index (χ4n) is 2.81. The van der Waals surface area contributed by atoms with E-state index < -0.39 is 6.10 Å². The standard InChI is InChI=1S/C19H20ClNO3/c1-14(15-7-9-16(20)10-8-15)21(17-5-3-2-4-6-17)19(22)18-13-23-11-12-24-18/h2-10,14,18H,11-13H2,1H3/t14-,18+/m1/s1. The number of halogens is 1. The van der Waals surface area contributed by atoms with Crippen LogP contribution in [0.1, 0.15) is 18.5 Å². The van der Waals surface area contributed by atoms with Gasteiger partial charge in [0, 0.05) is 10.7 Å². The second kappa shape index (κ2) is 7.79. The van der Waals surface area contributed by atoms with Crippen LogP contribution in [0.4, 0.5) is 5.69 Å². The van der Waals surface area contributed by atoms with Gasteiger partial charge in [-0.15, -0.1) is 0 Å². The van der Waals surface area contributed by atoms with Crippen molar-refractivity contribution >= 4 is 23.2 Å². The maximum Gasteiger partial charge on any atom is 0.259 e. The third-order valence-corrected chi connectivity index (χ3v) is 4.35. The van der Waals surface area contributed by atoms with Gasteiger partial charge in [0.05, 0.1) is 25.9 Å². The molecule has 4 nitrogen and oxygen atoms in total. The second-order valence-electron chi connectivity index (χ2n) is 5.71. The lowest BCUT2D eigenvalue weighted by molar-refractivity contribution is -0.145. The van der Waals surface area contributed by atoms with E-state index in [1.807, 2.05) is 61.5 Å². The topological polar surface area (TPSA) is 38.8 Å². The molecule has 0 saturated carbocycles. The summed E-state index contributed by atoms with van der Waals surface area (Å²) in [6, 6.07) is 17.0. The van der Waals surface area contributed by atoms with Crippen LogP contribution < -0.4 is 4.90 Å². The lowest BCUT2D eigenvalue weighted by Crippen LogP contribution is -2.46. The van der Waals surface area contributed by atoms with Gasteiger partial charge in [0.2, 0.25) is 0 Å². The molecule has 2 atom stereocenters. The van der Waals surface area contributed by atoms with Crippen LogP contribution in [0.2, 0.25) is 5.02 Å². The monoisotopic (exact) mass is 345 g/mol. The first-order valence-corrected chi connectivity index (χ1v) is 8.37. The number of carbonyl (C=O) groups is 1. The molecule has 1 heterocycles. The van der Waals surface area contributed by atoms with Gasteiger partial charge < -0.3 is 14.4 Å². The molecule has 1 aliphatic rings. The number of amides is 1. The van der Waals surface area contributed by atoms with E-state index in [0.717, 1.165) is 11.3 Å². The van der Waals surface area contributed by atoms with Crippen LogP contribution in [0.25, 0.3) is 0 Å². The maximum atomic E-state index is 13.1. The molecular formula is C19H20ClNO3. The van der Waals surface area contributed by atoms with E-state index in [4.69, 9.17) is 21.1 Å². The van der Waals surface area contributed by atoms with Gasteiger partial charge in [-0.3, -0.25) is 4.79 Å². The van der Waals surface area contributed by atoms with E-state index in [9.17, 15) is 4.79 Å². The van der Waals surface area contributed by atoms with Crippen molar-refractivity contribution in [3.8, 4) is 0 Å². The number of carbonyl (C=O) groups excluding carboxylic acids is 1. The predicted molar refractivity (Wildman–Crippen MR) is 94.4 cm³/mol. The summed E-state index contributed by atoms with van der Waals surface area (Å²) in [6.45, 7) is 3.25. The van der Waals surface area contributed by atoms with E-state index in [-0.39, 0.29) is 18.6 Å². The number of nitrogens with zero attached hydrogens (tertiary/aromatic N) is 1. The van der Waals surface area contributed by atoms with Gasteiger partial charge in [0.15, 0.2) is 6.10 Å². The first kappa shape index (κ1) is 17.0. The van der Waals surface area contributed by atoms with Gasteiger partial charge in [-0.1, -0.05) is 41.9 Å². The average Bonchev–Trinajstić information content (AvgIpc) is 2.64. The Labute approximate surface area is 146 Å². The molecule has 5 heteroatoms. The van der Waals surface area contributed by atoms with Crippen molar-refractivity contribution in [1.29, 1.82) is 0 Å². The third-order valence-electron chi connectivity index (χ3n) is 4.10. The molecule has 0 spiro atoms. The van der Waals surface area contributed by atoms with Gasteiger partial charge in [0.1, 0.15) is 0 Å². The minimum Gasteiger partial charge on any atom is -0.376 e. The first-order valence-electron chi connectivity index (χ1n) is 8.00. The molecule has 0 N–H and O–H groups in total. The number of benzene rings is 2. The van der Waals surface area contributed by atoms with E-state index in [1.165, 1.54) is 0 Å². The Kier molecular flexibility index (Phi) is 5.51. The number of hydrogen-bond acceptors (Lipinski definition) is 3. The average molecular weight is 346 g/mol. The molecule has 126 valence electrons. The van der Waals surface area contributed by atoms with E-state index in [1.54, 1.807) is 4.90 Å². The molecule has 3 rings (SSSR count). The normalized spacial score (nSPS) is 18.8. The SMILES string of the molecule is C[C@H](c1ccc(Cl)cc1)N(C(=O)[C@@H]1COCCO1)c1ccccc1. The Hall–Kier alpha value is -1.88. The number of para-hydroxylation sites is 1. The zero-order valence-corrected chi connectivity index (χ0v) is 14.3. The molecule has 24 heavy (non-hydrogen) atoms. The zero-order valence-electron chi connectivity index (χ0n) is 13.5. The highest BCUT2D eigenvalue weighted by Gasteiger charge is 2.32. The van der Waals surface area contributed by atoms with Gasteiger partial charge >= 0.3 is 0 Å². The molecule has 1 amide bonds. The minimum atomic E-state index is -0.575. The summed E-state index contributed by atoms with van der Waals surface area (Å²) in [7, 11) is 0.